The predicted molar refractivity (Wildman–Crippen MR) is 78.2 cm³/mol. The molecule has 0 saturated heterocycles. The van der Waals surface area contributed by atoms with E-state index < -0.39 is 0 Å². The first-order valence-corrected chi connectivity index (χ1v) is 8.13. The minimum absolute atomic E-state index is 0.238. The van der Waals surface area contributed by atoms with E-state index in [-0.39, 0.29) is 5.38 Å². The van der Waals surface area contributed by atoms with E-state index in [1.54, 1.807) is 0 Å². The predicted octanol–water partition coefficient (Wildman–Crippen LogP) is 6.01. The van der Waals surface area contributed by atoms with Crippen LogP contribution in [-0.2, 0) is 0 Å². The number of alkyl halides is 1. The van der Waals surface area contributed by atoms with E-state index in [0.29, 0.717) is 0 Å². The molecule has 1 unspecified atom stereocenters. The van der Waals surface area contributed by atoms with Crippen molar-refractivity contribution in [3.63, 3.8) is 0 Å². The van der Waals surface area contributed by atoms with Gasteiger partial charge in [-0.05, 0) is 44.2 Å². The molecule has 0 nitrogen and oxygen atoms in total. The molecule has 1 aromatic rings. The maximum atomic E-state index is 6.55. The van der Waals surface area contributed by atoms with Gasteiger partial charge in [0.2, 0.25) is 0 Å². The highest BCUT2D eigenvalue weighted by atomic mass is 35.5. The van der Waals surface area contributed by atoms with Crippen molar-refractivity contribution < 1.29 is 0 Å². The number of hydrogen-bond donors (Lipinski definition) is 0. The summed E-state index contributed by atoms with van der Waals surface area (Å²) in [7, 11) is 0. The van der Waals surface area contributed by atoms with Gasteiger partial charge in [-0.25, -0.2) is 0 Å². The summed E-state index contributed by atoms with van der Waals surface area (Å²) in [5.74, 6) is 0.949. The molecule has 2 heteroatoms. The molecule has 0 radical (unpaired) electrons. The Balaban J connectivity index is 1.84. The zero-order valence-corrected chi connectivity index (χ0v) is 12.5. The van der Waals surface area contributed by atoms with Crippen molar-refractivity contribution in [3.8, 4) is 0 Å². The van der Waals surface area contributed by atoms with Crippen LogP contribution in [0.4, 0.5) is 0 Å². The Labute approximate surface area is 114 Å². The number of rotatable bonds is 4. The van der Waals surface area contributed by atoms with Crippen LogP contribution in [0.15, 0.2) is 6.07 Å². The molecular formula is C15H23ClS. The van der Waals surface area contributed by atoms with Crippen LogP contribution in [0.3, 0.4) is 0 Å². The monoisotopic (exact) mass is 270 g/mol. The average molecular weight is 271 g/mol. The molecule has 2 rings (SSSR count). The Kier molecular flexibility index (Phi) is 4.93. The molecular weight excluding hydrogens is 248 g/mol. The molecule has 1 atom stereocenters. The summed E-state index contributed by atoms with van der Waals surface area (Å²) < 4.78 is 0. The van der Waals surface area contributed by atoms with Gasteiger partial charge in [0.1, 0.15) is 0 Å². The van der Waals surface area contributed by atoms with Crippen molar-refractivity contribution >= 4 is 22.9 Å². The molecule has 1 aliphatic rings. The largest absolute Gasteiger partial charge is 0.146 e. The number of thiophene rings is 1. The Bertz CT molecular complexity index is 350. The van der Waals surface area contributed by atoms with Gasteiger partial charge in [0.05, 0.1) is 5.38 Å². The zero-order chi connectivity index (χ0) is 12.3. The van der Waals surface area contributed by atoms with E-state index in [1.807, 2.05) is 11.3 Å². The molecule has 1 aromatic heterocycles. The minimum atomic E-state index is 0.238. The van der Waals surface area contributed by atoms with E-state index in [1.165, 1.54) is 53.8 Å². The Morgan fingerprint density at radius 2 is 2.00 bits per heavy atom. The lowest BCUT2D eigenvalue weighted by Crippen LogP contribution is -2.07. The summed E-state index contributed by atoms with van der Waals surface area (Å²) in [5.41, 5.74) is 1.38. The molecule has 0 N–H and O–H groups in total. The van der Waals surface area contributed by atoms with Crippen molar-refractivity contribution in [3.05, 3.63) is 21.4 Å². The van der Waals surface area contributed by atoms with Gasteiger partial charge >= 0.3 is 0 Å². The van der Waals surface area contributed by atoms with E-state index in [2.05, 4.69) is 19.9 Å². The lowest BCUT2D eigenvalue weighted by atomic mass is 9.85. The van der Waals surface area contributed by atoms with Crippen molar-refractivity contribution in [1.29, 1.82) is 0 Å². The topological polar surface area (TPSA) is 0 Å². The van der Waals surface area contributed by atoms with Crippen LogP contribution in [0.2, 0.25) is 0 Å². The quantitative estimate of drug-likeness (QED) is 0.588. The highest BCUT2D eigenvalue weighted by molar-refractivity contribution is 7.12. The second-order valence-electron chi connectivity index (χ2n) is 5.42. The fraction of sp³-hybridized carbons (Fsp3) is 0.733. The van der Waals surface area contributed by atoms with E-state index in [4.69, 9.17) is 11.6 Å². The third-order valence-electron chi connectivity index (χ3n) is 3.97. The van der Waals surface area contributed by atoms with Gasteiger partial charge in [0.15, 0.2) is 0 Å². The summed E-state index contributed by atoms with van der Waals surface area (Å²) >= 11 is 8.43. The van der Waals surface area contributed by atoms with Gasteiger partial charge in [-0.2, -0.15) is 0 Å². The highest BCUT2D eigenvalue weighted by Gasteiger charge is 2.18. The average Bonchev–Trinajstić information content (AvgIpc) is 2.67. The van der Waals surface area contributed by atoms with Gasteiger partial charge in [0.25, 0.3) is 0 Å². The first-order chi connectivity index (χ1) is 8.16. The maximum Gasteiger partial charge on any atom is 0.0596 e. The molecule has 17 heavy (non-hydrogen) atoms. The smallest absolute Gasteiger partial charge is 0.0596 e. The zero-order valence-electron chi connectivity index (χ0n) is 11.0. The second kappa shape index (κ2) is 6.24. The molecule has 0 aromatic carbocycles. The van der Waals surface area contributed by atoms with E-state index in [9.17, 15) is 0 Å². The fourth-order valence-corrected chi connectivity index (χ4v) is 4.38. The first-order valence-electron chi connectivity index (χ1n) is 6.88. The SMILES string of the molecule is Cc1cc(C(Cl)CCC2CCCCC2)c(C)s1. The molecule has 1 heterocycles. The van der Waals surface area contributed by atoms with Gasteiger partial charge in [-0.3, -0.25) is 0 Å². The molecule has 1 aliphatic carbocycles. The Hall–Kier alpha value is -0.0100. The van der Waals surface area contributed by atoms with Crippen LogP contribution >= 0.6 is 22.9 Å². The van der Waals surface area contributed by atoms with Gasteiger partial charge in [-0.15, -0.1) is 22.9 Å². The fourth-order valence-electron chi connectivity index (χ4n) is 2.97. The molecule has 0 amide bonds. The Morgan fingerprint density at radius 3 is 2.59 bits per heavy atom. The second-order valence-corrected chi connectivity index (χ2v) is 7.40. The lowest BCUT2D eigenvalue weighted by Gasteiger charge is -2.22. The summed E-state index contributed by atoms with van der Waals surface area (Å²) in [6.45, 7) is 4.37. The molecule has 0 bridgehead atoms. The highest BCUT2D eigenvalue weighted by Crippen LogP contribution is 2.36. The lowest BCUT2D eigenvalue weighted by molar-refractivity contribution is 0.331. The van der Waals surface area contributed by atoms with Crippen LogP contribution in [0.1, 0.15) is 65.6 Å². The first kappa shape index (κ1) is 13.4. The van der Waals surface area contributed by atoms with Crippen molar-refractivity contribution in [2.24, 2.45) is 5.92 Å². The standard InChI is InChI=1S/C15H23ClS/c1-11-10-14(12(2)17-11)15(16)9-8-13-6-4-3-5-7-13/h10,13,15H,3-9H2,1-2H3. The summed E-state index contributed by atoms with van der Waals surface area (Å²) in [6.07, 6.45) is 9.67. The van der Waals surface area contributed by atoms with E-state index >= 15 is 0 Å². The van der Waals surface area contributed by atoms with Crippen LogP contribution < -0.4 is 0 Å². The minimum Gasteiger partial charge on any atom is -0.146 e. The van der Waals surface area contributed by atoms with Gasteiger partial charge in [-0.1, -0.05) is 32.1 Å². The summed E-state index contributed by atoms with van der Waals surface area (Å²) in [6, 6.07) is 2.28. The molecule has 0 spiro atoms. The van der Waals surface area contributed by atoms with Crippen LogP contribution in [-0.4, -0.2) is 0 Å². The summed E-state index contributed by atoms with van der Waals surface area (Å²) in [4.78, 5) is 2.80. The molecule has 0 aliphatic heterocycles. The maximum absolute atomic E-state index is 6.55. The van der Waals surface area contributed by atoms with Crippen molar-refractivity contribution in [2.45, 2.75) is 64.2 Å². The number of hydrogen-bond acceptors (Lipinski definition) is 1. The third-order valence-corrected chi connectivity index (χ3v) is 5.40. The Morgan fingerprint density at radius 1 is 1.29 bits per heavy atom. The van der Waals surface area contributed by atoms with Crippen molar-refractivity contribution in [1.82, 2.24) is 0 Å². The normalized spacial score (nSPS) is 19.5. The van der Waals surface area contributed by atoms with Crippen LogP contribution in [0.25, 0.3) is 0 Å². The van der Waals surface area contributed by atoms with Gasteiger partial charge < -0.3 is 0 Å². The van der Waals surface area contributed by atoms with E-state index in [0.717, 1.165) is 12.3 Å². The molecule has 96 valence electrons. The number of aryl methyl sites for hydroxylation is 2. The van der Waals surface area contributed by atoms with Crippen LogP contribution in [0, 0.1) is 19.8 Å². The van der Waals surface area contributed by atoms with Crippen molar-refractivity contribution in [2.75, 3.05) is 0 Å². The van der Waals surface area contributed by atoms with Crippen LogP contribution in [0.5, 0.6) is 0 Å². The molecule has 1 saturated carbocycles. The third kappa shape index (κ3) is 3.72. The summed E-state index contributed by atoms with van der Waals surface area (Å²) in [5, 5.41) is 0.238. The van der Waals surface area contributed by atoms with Gasteiger partial charge in [0, 0.05) is 9.75 Å². The molecule has 1 fully saturated rings. The number of halogens is 1.